The smallest absolute Gasteiger partial charge is 0.379 e. The molecular weight excluding hydrogens is 464 g/mol. The number of para-hydroxylation sites is 1. The molecule has 178 valence electrons. The number of sulfonamides is 1. The molecule has 6 nitrogen and oxygen atoms in total. The first kappa shape index (κ1) is 24.9. The number of halogens is 4. The molecule has 1 heterocycles. The van der Waals surface area contributed by atoms with E-state index in [1.807, 2.05) is 0 Å². The van der Waals surface area contributed by atoms with Crippen molar-refractivity contribution < 1.29 is 31.1 Å². The lowest BCUT2D eigenvalue weighted by atomic mass is 9.74. The number of aliphatic hydroxyl groups is 1. The van der Waals surface area contributed by atoms with Crippen molar-refractivity contribution in [3.05, 3.63) is 76.3 Å². The fourth-order valence-electron chi connectivity index (χ4n) is 4.03. The second-order valence-electron chi connectivity index (χ2n) is 8.60. The molecule has 0 aliphatic heterocycles. The van der Waals surface area contributed by atoms with Crippen LogP contribution in [0.3, 0.4) is 0 Å². The van der Waals surface area contributed by atoms with Crippen LogP contribution in [0, 0.1) is 5.82 Å². The summed E-state index contributed by atoms with van der Waals surface area (Å²) in [7, 11) is -4.39. The number of nitrogens with two attached hydrogens (primary N) is 1. The van der Waals surface area contributed by atoms with E-state index in [2.05, 4.69) is 0 Å². The van der Waals surface area contributed by atoms with Crippen LogP contribution in [0.5, 0.6) is 0 Å². The molecule has 33 heavy (non-hydrogen) atoms. The van der Waals surface area contributed by atoms with E-state index in [9.17, 15) is 35.9 Å². The number of nitrogens with zero attached hydrogens (tertiary/aromatic N) is 1. The number of benzene rings is 2. The van der Waals surface area contributed by atoms with Crippen LogP contribution in [-0.2, 0) is 22.0 Å². The van der Waals surface area contributed by atoms with Gasteiger partial charge in [-0.15, -0.1) is 0 Å². The van der Waals surface area contributed by atoms with Crippen molar-refractivity contribution in [2.45, 2.75) is 48.9 Å². The Morgan fingerprint density at radius 1 is 1.06 bits per heavy atom. The molecule has 11 heteroatoms. The van der Waals surface area contributed by atoms with Crippen LogP contribution in [0.4, 0.5) is 17.6 Å². The molecule has 1 atom stereocenters. The van der Waals surface area contributed by atoms with Crippen LogP contribution in [0.2, 0.25) is 0 Å². The van der Waals surface area contributed by atoms with Crippen LogP contribution in [0.15, 0.2) is 64.4 Å². The highest BCUT2D eigenvalue weighted by atomic mass is 32.2. The molecule has 1 aromatic heterocycles. The molecule has 3 rings (SSSR count). The molecule has 0 bridgehead atoms. The van der Waals surface area contributed by atoms with Crippen LogP contribution in [-0.4, -0.2) is 29.9 Å². The summed E-state index contributed by atoms with van der Waals surface area (Å²) in [6, 6.07) is 9.61. The molecule has 1 unspecified atom stereocenters. The zero-order valence-electron chi connectivity index (χ0n) is 17.7. The number of rotatable bonds is 6. The van der Waals surface area contributed by atoms with E-state index < -0.39 is 56.3 Å². The number of hydrogen-bond acceptors (Lipinski definition) is 4. The number of hydrogen-bond donors (Lipinski definition) is 2. The third kappa shape index (κ3) is 4.94. The van der Waals surface area contributed by atoms with Gasteiger partial charge in [0.1, 0.15) is 5.82 Å². The molecule has 0 spiro atoms. The molecule has 0 amide bonds. The van der Waals surface area contributed by atoms with Crippen molar-refractivity contribution in [3.63, 3.8) is 0 Å². The SMILES string of the molecule is CC(C)(CC(O)(Cn1ccc(=O)c2ccccc21)C(F)(F)F)c1cc(F)ccc1S(N)(=O)=O. The largest absolute Gasteiger partial charge is 0.418 e. The standard InChI is InChI=1S/C22H22F4N2O4S/c1-20(2,16-11-14(23)7-8-19(16)33(27,31)32)12-21(30,22(24,25)26)13-28-10-9-18(29)15-5-3-4-6-17(15)28/h3-11,30H,12-13H2,1-2H3,(H2,27,31,32). The summed E-state index contributed by atoms with van der Waals surface area (Å²) < 4.78 is 81.6. The number of primary sulfonamides is 1. The zero-order valence-corrected chi connectivity index (χ0v) is 18.5. The van der Waals surface area contributed by atoms with Crippen LogP contribution >= 0.6 is 0 Å². The summed E-state index contributed by atoms with van der Waals surface area (Å²) in [5.41, 5.74) is -5.55. The van der Waals surface area contributed by atoms with E-state index in [-0.39, 0.29) is 16.5 Å². The second kappa shape index (κ2) is 8.23. The molecule has 2 aromatic carbocycles. The van der Waals surface area contributed by atoms with E-state index in [1.54, 1.807) is 12.1 Å². The molecule has 3 N–H and O–H groups in total. The van der Waals surface area contributed by atoms with Gasteiger partial charge in [-0.1, -0.05) is 26.0 Å². The van der Waals surface area contributed by atoms with E-state index in [0.717, 1.165) is 35.0 Å². The predicted molar refractivity (Wildman–Crippen MR) is 115 cm³/mol. The third-order valence-electron chi connectivity index (χ3n) is 5.56. The minimum Gasteiger partial charge on any atom is -0.379 e. The molecular formula is C22H22F4N2O4S. The Morgan fingerprint density at radius 2 is 1.70 bits per heavy atom. The van der Waals surface area contributed by atoms with Gasteiger partial charge in [0, 0.05) is 17.6 Å². The quantitative estimate of drug-likeness (QED) is 0.521. The van der Waals surface area contributed by atoms with Crippen molar-refractivity contribution in [1.82, 2.24) is 4.57 Å². The van der Waals surface area contributed by atoms with Crippen molar-refractivity contribution in [1.29, 1.82) is 0 Å². The van der Waals surface area contributed by atoms with Gasteiger partial charge in [-0.25, -0.2) is 17.9 Å². The Hall–Kier alpha value is -2.76. The highest BCUT2D eigenvalue weighted by Crippen LogP contribution is 2.43. The minimum absolute atomic E-state index is 0.172. The summed E-state index contributed by atoms with van der Waals surface area (Å²) in [6.45, 7) is 1.54. The first-order valence-electron chi connectivity index (χ1n) is 9.75. The first-order chi connectivity index (χ1) is 15.1. The van der Waals surface area contributed by atoms with Crippen molar-refractivity contribution in [2.75, 3.05) is 0 Å². The summed E-state index contributed by atoms with van der Waals surface area (Å²) in [5, 5.41) is 16.2. The summed E-state index contributed by atoms with van der Waals surface area (Å²) in [5.74, 6) is -0.868. The number of fused-ring (bicyclic) bond motifs is 1. The lowest BCUT2D eigenvalue weighted by Gasteiger charge is -2.39. The number of alkyl halides is 3. The van der Waals surface area contributed by atoms with Gasteiger partial charge in [-0.3, -0.25) is 4.79 Å². The maximum Gasteiger partial charge on any atom is 0.418 e. The zero-order chi connectivity index (χ0) is 24.8. The van der Waals surface area contributed by atoms with E-state index in [4.69, 9.17) is 5.14 Å². The summed E-state index contributed by atoms with van der Waals surface area (Å²) in [6.07, 6.45) is -5.02. The monoisotopic (exact) mass is 486 g/mol. The molecule has 0 saturated carbocycles. The van der Waals surface area contributed by atoms with Crippen molar-refractivity contribution in [3.8, 4) is 0 Å². The van der Waals surface area contributed by atoms with Gasteiger partial charge in [-0.2, -0.15) is 13.2 Å². The van der Waals surface area contributed by atoms with Crippen LogP contribution in [0.1, 0.15) is 25.8 Å². The summed E-state index contributed by atoms with van der Waals surface area (Å²) in [4.78, 5) is 11.5. The van der Waals surface area contributed by atoms with E-state index >= 15 is 0 Å². The number of aromatic nitrogens is 1. The minimum atomic E-state index is -5.15. The predicted octanol–water partition coefficient (Wildman–Crippen LogP) is 3.45. The Kier molecular flexibility index (Phi) is 6.20. The van der Waals surface area contributed by atoms with E-state index in [0.29, 0.717) is 0 Å². The molecule has 0 aliphatic carbocycles. The third-order valence-corrected chi connectivity index (χ3v) is 6.53. The normalized spacial score (nSPS) is 14.9. The average molecular weight is 486 g/mol. The second-order valence-corrected chi connectivity index (χ2v) is 10.1. The molecule has 0 radical (unpaired) electrons. The van der Waals surface area contributed by atoms with Gasteiger partial charge in [-0.05, 0) is 47.7 Å². The van der Waals surface area contributed by atoms with Gasteiger partial charge in [0.25, 0.3) is 0 Å². The van der Waals surface area contributed by atoms with Crippen LogP contribution < -0.4 is 10.6 Å². The van der Waals surface area contributed by atoms with Gasteiger partial charge < -0.3 is 9.67 Å². The molecule has 0 saturated heterocycles. The molecule has 0 fully saturated rings. The first-order valence-corrected chi connectivity index (χ1v) is 11.3. The van der Waals surface area contributed by atoms with Crippen molar-refractivity contribution >= 4 is 20.9 Å². The Morgan fingerprint density at radius 3 is 2.30 bits per heavy atom. The average Bonchev–Trinajstić information content (AvgIpc) is 2.68. The number of pyridine rings is 1. The lowest BCUT2D eigenvalue weighted by molar-refractivity contribution is -0.271. The van der Waals surface area contributed by atoms with Crippen LogP contribution in [0.25, 0.3) is 10.9 Å². The summed E-state index contributed by atoms with van der Waals surface area (Å²) >= 11 is 0. The maximum atomic E-state index is 14.2. The van der Waals surface area contributed by atoms with Gasteiger partial charge in [0.2, 0.25) is 10.0 Å². The fraction of sp³-hybridized carbons (Fsp3) is 0.318. The lowest BCUT2D eigenvalue weighted by Crippen LogP contribution is -2.52. The Balaban J connectivity index is 2.13. The van der Waals surface area contributed by atoms with Crippen molar-refractivity contribution in [2.24, 2.45) is 5.14 Å². The van der Waals surface area contributed by atoms with E-state index in [1.165, 1.54) is 26.0 Å². The molecule has 0 aliphatic rings. The van der Waals surface area contributed by atoms with Gasteiger partial charge >= 0.3 is 6.18 Å². The Labute approximate surface area is 187 Å². The maximum absolute atomic E-state index is 14.2. The topological polar surface area (TPSA) is 102 Å². The fourth-order valence-corrected chi connectivity index (χ4v) is 4.93. The Bertz CT molecular complexity index is 1370. The highest BCUT2D eigenvalue weighted by molar-refractivity contribution is 7.89. The van der Waals surface area contributed by atoms with Gasteiger partial charge in [0.15, 0.2) is 11.0 Å². The highest BCUT2D eigenvalue weighted by Gasteiger charge is 2.56. The molecule has 3 aromatic rings. The van der Waals surface area contributed by atoms with Gasteiger partial charge in [0.05, 0.1) is 17.0 Å².